The second-order valence-electron chi connectivity index (χ2n) is 7.10. The van der Waals surface area contributed by atoms with Crippen LogP contribution >= 0.6 is 11.8 Å². The second-order valence-corrected chi connectivity index (χ2v) is 8.04. The van der Waals surface area contributed by atoms with Crippen LogP contribution in [0.15, 0.2) is 75.0 Å². The molecule has 4 rings (SSSR count). The number of hydrogen-bond acceptors (Lipinski definition) is 6. The van der Waals surface area contributed by atoms with Gasteiger partial charge >= 0.3 is 6.18 Å². The van der Waals surface area contributed by atoms with Gasteiger partial charge in [0.25, 0.3) is 0 Å². The summed E-state index contributed by atoms with van der Waals surface area (Å²) in [5.41, 5.74) is 1.47. The third kappa shape index (κ3) is 5.48. The van der Waals surface area contributed by atoms with Crippen molar-refractivity contribution < 1.29 is 26.8 Å². The molecule has 0 spiro atoms. The van der Waals surface area contributed by atoms with E-state index in [4.69, 9.17) is 8.83 Å². The van der Waals surface area contributed by atoms with E-state index in [0.29, 0.717) is 16.7 Å². The Balaban J connectivity index is 1.59. The average Bonchev–Trinajstić information content (AvgIpc) is 3.52. The van der Waals surface area contributed by atoms with Crippen molar-refractivity contribution in [3.63, 3.8) is 0 Å². The summed E-state index contributed by atoms with van der Waals surface area (Å²) < 4.78 is 51.5. The summed E-state index contributed by atoms with van der Waals surface area (Å²) in [6.07, 6.45) is -1.65. The van der Waals surface area contributed by atoms with Crippen LogP contribution in [0.5, 0.6) is 0 Å². The second kappa shape index (κ2) is 9.57. The fourth-order valence-corrected chi connectivity index (χ4v) is 4.08. The van der Waals surface area contributed by atoms with E-state index in [1.165, 1.54) is 18.6 Å². The summed E-state index contributed by atoms with van der Waals surface area (Å²) in [5, 5.41) is 8.82. The van der Waals surface area contributed by atoms with Gasteiger partial charge in [0.05, 0.1) is 30.4 Å². The zero-order chi connectivity index (χ0) is 23.4. The number of carbonyl (C=O) groups is 1. The van der Waals surface area contributed by atoms with Gasteiger partial charge in [0.1, 0.15) is 18.1 Å². The molecule has 3 heterocycles. The molecular weight excluding hydrogens is 457 g/mol. The largest absolute Gasteiger partial charge is 0.469 e. The van der Waals surface area contributed by atoms with Crippen LogP contribution in [-0.4, -0.2) is 44.0 Å². The van der Waals surface area contributed by atoms with Crippen molar-refractivity contribution in [1.82, 2.24) is 19.7 Å². The Morgan fingerprint density at radius 2 is 1.85 bits per heavy atom. The minimum atomic E-state index is -4.54. The normalized spacial score (nSPS) is 11.6. The molecule has 0 saturated carbocycles. The summed E-state index contributed by atoms with van der Waals surface area (Å²) in [6.45, 7) is 0.133. The number of nitrogens with zero attached hydrogens (tertiary/aromatic N) is 4. The van der Waals surface area contributed by atoms with Gasteiger partial charge in [0, 0.05) is 5.69 Å². The molecule has 3 aromatic heterocycles. The van der Waals surface area contributed by atoms with Crippen LogP contribution in [0.25, 0.3) is 17.1 Å². The summed E-state index contributed by atoms with van der Waals surface area (Å²) in [4.78, 5) is 13.5. The molecule has 0 radical (unpaired) electrons. The molecule has 4 aromatic rings. The van der Waals surface area contributed by atoms with E-state index >= 15 is 0 Å². The Labute approximate surface area is 191 Å². The number of para-hydroxylation sites is 1. The molecule has 1 amide bonds. The van der Waals surface area contributed by atoms with Crippen LogP contribution in [0.1, 0.15) is 11.5 Å². The van der Waals surface area contributed by atoms with Crippen LogP contribution < -0.4 is 0 Å². The van der Waals surface area contributed by atoms with E-state index in [1.807, 2.05) is 30.3 Å². The van der Waals surface area contributed by atoms with Gasteiger partial charge in [-0.2, -0.15) is 13.2 Å². The Kier molecular flexibility index (Phi) is 6.59. The molecule has 172 valence electrons. The highest BCUT2D eigenvalue weighted by molar-refractivity contribution is 7.99. The topological polar surface area (TPSA) is 77.3 Å². The van der Waals surface area contributed by atoms with E-state index in [0.717, 1.165) is 27.9 Å². The zero-order valence-electron chi connectivity index (χ0n) is 17.5. The monoisotopic (exact) mass is 476 g/mol. The fourth-order valence-electron chi connectivity index (χ4n) is 3.22. The highest BCUT2D eigenvalue weighted by Crippen LogP contribution is 2.30. The number of hydrogen-bond donors (Lipinski definition) is 0. The molecule has 0 bridgehead atoms. The summed E-state index contributed by atoms with van der Waals surface area (Å²) in [6, 6.07) is 14.1. The first kappa shape index (κ1) is 22.7. The number of aryl methyl sites for hydroxylation is 1. The molecule has 11 heteroatoms. The standard InChI is InChI=1S/C22H19F3N4O3S/c1-15-18(9-11-31-15)20-26-27-21(29(20)16-6-3-2-4-7-16)33-13-19(30)28(14-22(23,24)25)12-17-8-5-10-32-17/h2-11H,12-14H2,1H3. The van der Waals surface area contributed by atoms with Crippen molar-refractivity contribution in [3.8, 4) is 17.1 Å². The maximum absolute atomic E-state index is 13.1. The molecule has 1 aromatic carbocycles. The summed E-state index contributed by atoms with van der Waals surface area (Å²) >= 11 is 1.01. The van der Waals surface area contributed by atoms with E-state index in [9.17, 15) is 18.0 Å². The number of amides is 1. The van der Waals surface area contributed by atoms with Gasteiger partial charge in [-0.25, -0.2) is 0 Å². The number of aromatic nitrogens is 3. The molecule has 0 aliphatic heterocycles. The van der Waals surface area contributed by atoms with Crippen LogP contribution in [0.4, 0.5) is 13.2 Å². The lowest BCUT2D eigenvalue weighted by Gasteiger charge is -2.22. The Bertz CT molecular complexity index is 1200. The Morgan fingerprint density at radius 3 is 2.48 bits per heavy atom. The minimum absolute atomic E-state index is 0.258. The number of alkyl halides is 3. The van der Waals surface area contributed by atoms with Crippen molar-refractivity contribution in [2.45, 2.75) is 24.8 Å². The Hall–Kier alpha value is -3.47. The third-order valence-corrected chi connectivity index (χ3v) is 5.64. The van der Waals surface area contributed by atoms with Crippen molar-refractivity contribution in [3.05, 3.63) is 72.6 Å². The van der Waals surface area contributed by atoms with E-state index in [2.05, 4.69) is 10.2 Å². The maximum Gasteiger partial charge on any atom is 0.406 e. The molecule has 0 aliphatic carbocycles. The fraction of sp³-hybridized carbons (Fsp3) is 0.227. The lowest BCUT2D eigenvalue weighted by molar-refractivity contribution is -0.161. The lowest BCUT2D eigenvalue weighted by atomic mass is 10.2. The molecule has 0 fully saturated rings. The number of halogens is 3. The first-order valence-electron chi connectivity index (χ1n) is 9.87. The van der Waals surface area contributed by atoms with Crippen LogP contribution in [0, 0.1) is 6.92 Å². The van der Waals surface area contributed by atoms with Crippen LogP contribution in [0.3, 0.4) is 0 Å². The van der Waals surface area contributed by atoms with Gasteiger partial charge in [0.15, 0.2) is 11.0 Å². The molecule has 33 heavy (non-hydrogen) atoms. The number of benzene rings is 1. The Morgan fingerprint density at radius 1 is 1.06 bits per heavy atom. The van der Waals surface area contributed by atoms with E-state index in [-0.39, 0.29) is 18.1 Å². The first-order chi connectivity index (χ1) is 15.8. The number of furan rings is 2. The van der Waals surface area contributed by atoms with Crippen molar-refractivity contribution in [2.24, 2.45) is 0 Å². The van der Waals surface area contributed by atoms with Gasteiger partial charge in [-0.05, 0) is 37.3 Å². The number of rotatable bonds is 8. The zero-order valence-corrected chi connectivity index (χ0v) is 18.3. The molecular formula is C22H19F3N4O3S. The third-order valence-electron chi connectivity index (χ3n) is 4.72. The average molecular weight is 476 g/mol. The summed E-state index contributed by atoms with van der Waals surface area (Å²) in [5.74, 6) is 0.457. The smallest absolute Gasteiger partial charge is 0.406 e. The van der Waals surface area contributed by atoms with Crippen LogP contribution in [-0.2, 0) is 11.3 Å². The number of thioether (sulfide) groups is 1. The molecule has 0 unspecified atom stereocenters. The SMILES string of the molecule is Cc1occc1-c1nnc(SCC(=O)N(Cc2ccco2)CC(F)(F)F)n1-c1ccccc1. The van der Waals surface area contributed by atoms with Gasteiger partial charge in [-0.1, -0.05) is 30.0 Å². The molecule has 0 atom stereocenters. The van der Waals surface area contributed by atoms with Gasteiger partial charge in [-0.3, -0.25) is 9.36 Å². The molecule has 7 nitrogen and oxygen atoms in total. The summed E-state index contributed by atoms with van der Waals surface area (Å²) in [7, 11) is 0. The predicted molar refractivity (Wildman–Crippen MR) is 115 cm³/mol. The highest BCUT2D eigenvalue weighted by atomic mass is 32.2. The van der Waals surface area contributed by atoms with Gasteiger partial charge in [-0.15, -0.1) is 10.2 Å². The van der Waals surface area contributed by atoms with Crippen molar-refractivity contribution >= 4 is 17.7 Å². The van der Waals surface area contributed by atoms with E-state index in [1.54, 1.807) is 23.6 Å². The lowest BCUT2D eigenvalue weighted by Crippen LogP contribution is -2.39. The van der Waals surface area contributed by atoms with Gasteiger partial charge in [0.2, 0.25) is 5.91 Å². The predicted octanol–water partition coefficient (Wildman–Crippen LogP) is 5.11. The maximum atomic E-state index is 13.1. The van der Waals surface area contributed by atoms with Gasteiger partial charge < -0.3 is 13.7 Å². The molecule has 0 aliphatic rings. The first-order valence-corrected chi connectivity index (χ1v) is 10.9. The highest BCUT2D eigenvalue weighted by Gasteiger charge is 2.33. The quantitative estimate of drug-likeness (QED) is 0.329. The number of carbonyl (C=O) groups excluding carboxylic acids is 1. The van der Waals surface area contributed by atoms with Crippen molar-refractivity contribution in [1.29, 1.82) is 0 Å². The molecule has 0 saturated heterocycles. The molecule has 0 N–H and O–H groups in total. The van der Waals surface area contributed by atoms with Crippen molar-refractivity contribution in [2.75, 3.05) is 12.3 Å². The van der Waals surface area contributed by atoms with E-state index < -0.39 is 18.6 Å². The minimum Gasteiger partial charge on any atom is -0.469 e. The van der Waals surface area contributed by atoms with Crippen LogP contribution in [0.2, 0.25) is 0 Å².